The van der Waals surface area contributed by atoms with Crippen LogP contribution in [0.5, 0.6) is 0 Å². The number of sulfonamides is 1. The molecule has 132 valence electrons. The summed E-state index contributed by atoms with van der Waals surface area (Å²) in [5.41, 5.74) is -0.393. The van der Waals surface area contributed by atoms with Crippen LogP contribution in [0, 0.1) is 0 Å². The molecular weight excluding hydrogens is 330 g/mol. The van der Waals surface area contributed by atoms with Gasteiger partial charge in [0.25, 0.3) is 0 Å². The lowest BCUT2D eigenvalue weighted by atomic mass is 9.94. The highest BCUT2D eigenvalue weighted by molar-refractivity contribution is 7.90. The summed E-state index contributed by atoms with van der Waals surface area (Å²) in [6.45, 7) is 3.80. The monoisotopic (exact) mass is 353 g/mol. The molecule has 4 rings (SSSR count). The van der Waals surface area contributed by atoms with Gasteiger partial charge in [0.05, 0.1) is 12.1 Å². The highest BCUT2D eigenvalue weighted by Crippen LogP contribution is 2.44. The number of carbonyl (C=O) groups is 1. The average Bonchev–Trinajstić information content (AvgIpc) is 3.25. The van der Waals surface area contributed by atoms with Gasteiger partial charge in [-0.2, -0.15) is 9.40 Å². The van der Waals surface area contributed by atoms with E-state index in [1.54, 1.807) is 10.5 Å². The lowest BCUT2D eigenvalue weighted by Gasteiger charge is -2.24. The Bertz CT molecular complexity index is 734. The minimum absolute atomic E-state index is 0.00319. The SMILES string of the molecule is CC12CCCN1S(=O)(=O)C(C(=O)N[C@@H]1CNC[C@@H]1n1cccn1)C2. The van der Waals surface area contributed by atoms with Crippen molar-refractivity contribution in [2.75, 3.05) is 19.6 Å². The predicted molar refractivity (Wildman–Crippen MR) is 87.7 cm³/mol. The van der Waals surface area contributed by atoms with Crippen LogP contribution in [0.1, 0.15) is 32.2 Å². The smallest absolute Gasteiger partial charge is 0.240 e. The molecule has 2 unspecified atom stereocenters. The van der Waals surface area contributed by atoms with Crippen LogP contribution in [-0.4, -0.2) is 64.9 Å². The van der Waals surface area contributed by atoms with E-state index in [0.29, 0.717) is 26.1 Å². The molecular formula is C15H23N5O3S. The van der Waals surface area contributed by atoms with Gasteiger partial charge in [0.15, 0.2) is 5.25 Å². The maximum atomic E-state index is 12.7. The number of hydrogen-bond donors (Lipinski definition) is 2. The summed E-state index contributed by atoms with van der Waals surface area (Å²) in [5, 5.41) is 9.46. The van der Waals surface area contributed by atoms with E-state index in [1.807, 2.05) is 23.9 Å². The zero-order chi connectivity index (χ0) is 16.9. The molecule has 4 atom stereocenters. The number of hydrogen-bond acceptors (Lipinski definition) is 5. The van der Waals surface area contributed by atoms with Crippen molar-refractivity contribution in [3.05, 3.63) is 18.5 Å². The molecule has 3 saturated heterocycles. The Morgan fingerprint density at radius 3 is 2.96 bits per heavy atom. The molecule has 3 aliphatic heterocycles. The predicted octanol–water partition coefficient (Wildman–Crippen LogP) is -0.531. The summed E-state index contributed by atoms with van der Waals surface area (Å²) in [7, 11) is -3.56. The Labute approximate surface area is 141 Å². The average molecular weight is 353 g/mol. The van der Waals surface area contributed by atoms with Gasteiger partial charge < -0.3 is 10.6 Å². The third kappa shape index (κ3) is 2.37. The minimum atomic E-state index is -3.56. The van der Waals surface area contributed by atoms with Crippen molar-refractivity contribution < 1.29 is 13.2 Å². The van der Waals surface area contributed by atoms with Gasteiger partial charge in [0.2, 0.25) is 15.9 Å². The zero-order valence-electron chi connectivity index (χ0n) is 13.7. The summed E-state index contributed by atoms with van der Waals surface area (Å²) in [6, 6.07) is 1.69. The van der Waals surface area contributed by atoms with Crippen molar-refractivity contribution in [2.24, 2.45) is 0 Å². The highest BCUT2D eigenvalue weighted by Gasteiger charge is 2.57. The van der Waals surface area contributed by atoms with Crippen LogP contribution in [0.3, 0.4) is 0 Å². The summed E-state index contributed by atoms with van der Waals surface area (Å²) in [6.07, 6.45) is 5.65. The molecule has 0 saturated carbocycles. The Kier molecular flexibility index (Phi) is 3.70. The van der Waals surface area contributed by atoms with E-state index in [9.17, 15) is 13.2 Å². The van der Waals surface area contributed by atoms with Crippen molar-refractivity contribution in [1.29, 1.82) is 0 Å². The van der Waals surface area contributed by atoms with Gasteiger partial charge in [-0.15, -0.1) is 0 Å². The fraction of sp³-hybridized carbons (Fsp3) is 0.733. The summed E-state index contributed by atoms with van der Waals surface area (Å²) in [4.78, 5) is 12.7. The highest BCUT2D eigenvalue weighted by atomic mass is 32.2. The normalized spacial score (nSPS) is 38.3. The summed E-state index contributed by atoms with van der Waals surface area (Å²) >= 11 is 0. The molecule has 0 aromatic carbocycles. The van der Waals surface area contributed by atoms with E-state index < -0.39 is 20.8 Å². The van der Waals surface area contributed by atoms with Crippen molar-refractivity contribution in [1.82, 2.24) is 24.7 Å². The molecule has 0 bridgehead atoms. The molecule has 0 aliphatic carbocycles. The van der Waals surface area contributed by atoms with Crippen LogP contribution < -0.4 is 10.6 Å². The number of rotatable bonds is 3. The number of amides is 1. The number of aromatic nitrogens is 2. The molecule has 3 fully saturated rings. The molecule has 9 heteroatoms. The molecule has 24 heavy (non-hydrogen) atoms. The first-order chi connectivity index (χ1) is 11.4. The van der Waals surface area contributed by atoms with Crippen LogP contribution in [0.25, 0.3) is 0 Å². The van der Waals surface area contributed by atoms with E-state index in [-0.39, 0.29) is 18.0 Å². The standard InChI is InChI=1S/C15H23N5O3S/c1-15-4-2-7-20(15)24(22,23)13(8-15)14(21)18-11-9-16-10-12(11)19-6-3-5-17-19/h3,5-6,11-13,16H,2,4,7-10H2,1H3,(H,18,21)/t11-,12+,13?,15?/m1/s1. The third-order valence-electron chi connectivity index (χ3n) is 5.64. The van der Waals surface area contributed by atoms with E-state index in [2.05, 4.69) is 15.7 Å². The lowest BCUT2D eigenvalue weighted by Crippen LogP contribution is -2.48. The fourth-order valence-electron chi connectivity index (χ4n) is 4.37. The van der Waals surface area contributed by atoms with Crippen LogP contribution in [0.4, 0.5) is 0 Å². The van der Waals surface area contributed by atoms with Crippen molar-refractivity contribution in [2.45, 2.75) is 49.1 Å². The Morgan fingerprint density at radius 1 is 1.42 bits per heavy atom. The van der Waals surface area contributed by atoms with Crippen molar-refractivity contribution in [3.8, 4) is 0 Å². The summed E-state index contributed by atoms with van der Waals surface area (Å²) in [5.74, 6) is -0.378. The zero-order valence-corrected chi connectivity index (χ0v) is 14.5. The summed E-state index contributed by atoms with van der Waals surface area (Å²) < 4.78 is 28.8. The number of nitrogens with zero attached hydrogens (tertiary/aromatic N) is 3. The quantitative estimate of drug-likeness (QED) is 0.761. The van der Waals surface area contributed by atoms with E-state index in [0.717, 1.165) is 12.8 Å². The molecule has 2 N–H and O–H groups in total. The van der Waals surface area contributed by atoms with Crippen LogP contribution in [-0.2, 0) is 14.8 Å². The minimum Gasteiger partial charge on any atom is -0.349 e. The maximum absolute atomic E-state index is 12.7. The molecule has 1 aromatic heterocycles. The van der Waals surface area contributed by atoms with Crippen LogP contribution in [0.2, 0.25) is 0 Å². The van der Waals surface area contributed by atoms with Gasteiger partial charge in [-0.1, -0.05) is 0 Å². The van der Waals surface area contributed by atoms with Crippen LogP contribution in [0.15, 0.2) is 18.5 Å². The number of carbonyl (C=O) groups excluding carboxylic acids is 1. The second kappa shape index (κ2) is 5.53. The molecule has 1 amide bonds. The largest absolute Gasteiger partial charge is 0.349 e. The topological polar surface area (TPSA) is 96.3 Å². The number of fused-ring (bicyclic) bond motifs is 1. The Balaban J connectivity index is 1.51. The van der Waals surface area contributed by atoms with Gasteiger partial charge in [0.1, 0.15) is 0 Å². The van der Waals surface area contributed by atoms with Gasteiger partial charge in [-0.25, -0.2) is 8.42 Å². The van der Waals surface area contributed by atoms with E-state index >= 15 is 0 Å². The second-order valence-corrected chi connectivity index (χ2v) is 9.28. The molecule has 3 aliphatic rings. The van der Waals surface area contributed by atoms with Gasteiger partial charge in [0, 0.05) is 37.6 Å². The van der Waals surface area contributed by atoms with Gasteiger partial charge >= 0.3 is 0 Å². The van der Waals surface area contributed by atoms with E-state index in [1.165, 1.54) is 0 Å². The first-order valence-electron chi connectivity index (χ1n) is 8.44. The molecule has 0 radical (unpaired) electrons. The molecule has 0 spiro atoms. The van der Waals surface area contributed by atoms with Gasteiger partial charge in [-0.05, 0) is 32.3 Å². The second-order valence-electron chi connectivity index (χ2n) is 7.24. The number of nitrogens with one attached hydrogen (secondary N) is 2. The Morgan fingerprint density at radius 2 is 2.25 bits per heavy atom. The Hall–Kier alpha value is -1.45. The maximum Gasteiger partial charge on any atom is 0.240 e. The van der Waals surface area contributed by atoms with Crippen molar-refractivity contribution in [3.63, 3.8) is 0 Å². The molecule has 8 nitrogen and oxygen atoms in total. The fourth-order valence-corrected chi connectivity index (χ4v) is 6.74. The first-order valence-corrected chi connectivity index (χ1v) is 9.94. The van der Waals surface area contributed by atoms with E-state index in [4.69, 9.17) is 0 Å². The molecule has 1 aromatic rings. The first kappa shape index (κ1) is 16.0. The third-order valence-corrected chi connectivity index (χ3v) is 7.98. The van der Waals surface area contributed by atoms with Crippen LogP contribution >= 0.6 is 0 Å². The van der Waals surface area contributed by atoms with Crippen molar-refractivity contribution >= 4 is 15.9 Å². The molecule has 4 heterocycles. The van der Waals surface area contributed by atoms with Gasteiger partial charge in [-0.3, -0.25) is 9.48 Å². The lowest BCUT2D eigenvalue weighted by molar-refractivity contribution is -0.121.